The van der Waals surface area contributed by atoms with Crippen molar-refractivity contribution >= 4 is 5.57 Å². The second-order valence-electron chi connectivity index (χ2n) is 4.93. The molecule has 3 saturated heterocycles. The van der Waals surface area contributed by atoms with Gasteiger partial charge in [0.05, 0.1) is 11.6 Å². The molecule has 3 aliphatic heterocycles. The minimum atomic E-state index is 0.648. The molecule has 2 nitrogen and oxygen atoms in total. The number of hydrogen-bond acceptors (Lipinski definition) is 2. The summed E-state index contributed by atoms with van der Waals surface area (Å²) in [6.07, 6.45) is 2.46. The Bertz CT molecular complexity index is 473. The summed E-state index contributed by atoms with van der Waals surface area (Å²) in [7, 11) is 0. The van der Waals surface area contributed by atoms with Crippen LogP contribution in [0.3, 0.4) is 0 Å². The van der Waals surface area contributed by atoms with Crippen LogP contribution >= 0.6 is 0 Å². The molecule has 0 aliphatic carbocycles. The molecular formula is C15H16N2. The highest BCUT2D eigenvalue weighted by Gasteiger charge is 2.31. The Labute approximate surface area is 102 Å². The first-order chi connectivity index (χ1) is 8.38. The number of nitriles is 1. The lowest BCUT2D eigenvalue weighted by Crippen LogP contribution is -2.43. The second kappa shape index (κ2) is 4.35. The third-order valence-corrected chi connectivity index (χ3v) is 3.97. The molecule has 0 amide bonds. The van der Waals surface area contributed by atoms with Crippen molar-refractivity contribution in [3.8, 4) is 6.07 Å². The summed E-state index contributed by atoms with van der Waals surface area (Å²) in [5, 5.41) is 9.43. The summed E-state index contributed by atoms with van der Waals surface area (Å²) in [5.74, 6) is 0.648. The number of nitrogens with zero attached hydrogens (tertiary/aromatic N) is 2. The van der Waals surface area contributed by atoms with Crippen LogP contribution in [0.4, 0.5) is 0 Å². The van der Waals surface area contributed by atoms with Gasteiger partial charge in [-0.3, -0.25) is 4.90 Å². The van der Waals surface area contributed by atoms with Crippen molar-refractivity contribution in [3.05, 3.63) is 41.5 Å². The molecule has 4 rings (SSSR count). The molecule has 17 heavy (non-hydrogen) atoms. The average Bonchev–Trinajstić information content (AvgIpc) is 2.42. The van der Waals surface area contributed by atoms with Gasteiger partial charge in [0.1, 0.15) is 0 Å². The van der Waals surface area contributed by atoms with Gasteiger partial charge >= 0.3 is 0 Å². The molecule has 1 aromatic rings. The molecule has 2 heteroatoms. The Morgan fingerprint density at radius 3 is 2.41 bits per heavy atom. The Morgan fingerprint density at radius 2 is 1.88 bits per heavy atom. The van der Waals surface area contributed by atoms with Gasteiger partial charge in [-0.2, -0.15) is 5.26 Å². The first-order valence-electron chi connectivity index (χ1n) is 6.29. The third kappa shape index (κ3) is 1.87. The van der Waals surface area contributed by atoms with Gasteiger partial charge in [-0.25, -0.2) is 0 Å². The number of hydrogen-bond donors (Lipinski definition) is 0. The Morgan fingerprint density at radius 1 is 1.18 bits per heavy atom. The van der Waals surface area contributed by atoms with Crippen LogP contribution in [0.2, 0.25) is 0 Å². The lowest BCUT2D eigenvalue weighted by atomic mass is 9.80. The topological polar surface area (TPSA) is 27.0 Å². The van der Waals surface area contributed by atoms with Crippen LogP contribution in [0.1, 0.15) is 18.4 Å². The molecule has 0 spiro atoms. The molecule has 3 heterocycles. The summed E-state index contributed by atoms with van der Waals surface area (Å²) in [6.45, 7) is 3.42. The molecule has 0 atom stereocenters. The van der Waals surface area contributed by atoms with Crippen LogP contribution in [-0.4, -0.2) is 24.5 Å². The number of benzene rings is 1. The normalized spacial score (nSPS) is 29.8. The van der Waals surface area contributed by atoms with E-state index in [1.54, 1.807) is 0 Å². The molecule has 0 saturated carbocycles. The van der Waals surface area contributed by atoms with Gasteiger partial charge in [0.15, 0.2) is 0 Å². The summed E-state index contributed by atoms with van der Waals surface area (Å²) in [4.78, 5) is 2.47. The maximum Gasteiger partial charge on any atom is 0.0998 e. The van der Waals surface area contributed by atoms with E-state index >= 15 is 0 Å². The quantitative estimate of drug-likeness (QED) is 0.686. The van der Waals surface area contributed by atoms with E-state index < -0.39 is 0 Å². The lowest BCUT2D eigenvalue weighted by Gasteiger charge is -2.41. The van der Waals surface area contributed by atoms with Gasteiger partial charge in [-0.15, -0.1) is 0 Å². The van der Waals surface area contributed by atoms with Crippen LogP contribution in [0, 0.1) is 17.2 Å². The van der Waals surface area contributed by atoms with Crippen LogP contribution in [-0.2, 0) is 0 Å². The average molecular weight is 224 g/mol. The predicted molar refractivity (Wildman–Crippen MR) is 68.1 cm³/mol. The number of allylic oxidation sites excluding steroid dienone is 1. The van der Waals surface area contributed by atoms with Crippen molar-refractivity contribution in [2.45, 2.75) is 12.8 Å². The molecule has 1 aromatic carbocycles. The van der Waals surface area contributed by atoms with Crippen molar-refractivity contribution in [3.63, 3.8) is 0 Å². The molecule has 0 radical (unpaired) electrons. The van der Waals surface area contributed by atoms with Crippen LogP contribution in [0.15, 0.2) is 35.9 Å². The van der Waals surface area contributed by atoms with Crippen LogP contribution in [0.25, 0.3) is 5.57 Å². The zero-order valence-electron chi connectivity index (χ0n) is 9.89. The molecule has 3 aliphatic rings. The van der Waals surface area contributed by atoms with Crippen LogP contribution < -0.4 is 0 Å². The predicted octanol–water partition coefficient (Wildman–Crippen LogP) is 2.69. The van der Waals surface area contributed by atoms with Gasteiger partial charge in [-0.05, 0) is 43.0 Å². The molecule has 0 aromatic heterocycles. The Balaban J connectivity index is 2.03. The highest BCUT2D eigenvalue weighted by molar-refractivity contribution is 5.80. The molecule has 0 unspecified atom stereocenters. The second-order valence-corrected chi connectivity index (χ2v) is 4.93. The van der Waals surface area contributed by atoms with Crippen molar-refractivity contribution in [1.82, 2.24) is 4.90 Å². The van der Waals surface area contributed by atoms with Gasteiger partial charge < -0.3 is 0 Å². The molecular weight excluding hydrogens is 208 g/mol. The lowest BCUT2D eigenvalue weighted by molar-refractivity contribution is 0.162. The summed E-state index contributed by atoms with van der Waals surface area (Å²) >= 11 is 0. The van der Waals surface area contributed by atoms with E-state index in [0.717, 1.165) is 17.7 Å². The van der Waals surface area contributed by atoms with Gasteiger partial charge in [-0.1, -0.05) is 30.3 Å². The van der Waals surface area contributed by atoms with E-state index in [1.807, 2.05) is 30.3 Å². The molecule has 2 bridgehead atoms. The van der Waals surface area contributed by atoms with Gasteiger partial charge in [0.25, 0.3) is 0 Å². The summed E-state index contributed by atoms with van der Waals surface area (Å²) in [6, 6.07) is 12.5. The Kier molecular flexibility index (Phi) is 2.70. The fourth-order valence-electron chi connectivity index (χ4n) is 3.02. The third-order valence-electron chi connectivity index (χ3n) is 3.97. The zero-order chi connectivity index (χ0) is 11.7. The van der Waals surface area contributed by atoms with Crippen molar-refractivity contribution < 1.29 is 0 Å². The number of piperidine rings is 3. The minimum Gasteiger partial charge on any atom is -0.299 e. The van der Waals surface area contributed by atoms with E-state index in [4.69, 9.17) is 0 Å². The van der Waals surface area contributed by atoms with E-state index in [-0.39, 0.29) is 0 Å². The maximum atomic E-state index is 9.43. The summed E-state index contributed by atoms with van der Waals surface area (Å²) < 4.78 is 0. The van der Waals surface area contributed by atoms with Gasteiger partial charge in [0.2, 0.25) is 0 Å². The standard InChI is InChI=1S/C15H16N2/c16-10-14(12-4-2-1-3-5-12)15-11-17-8-6-13(15)7-9-17/h1-5,13H,6-9,11H2/b15-14-. The number of rotatable bonds is 1. The van der Waals surface area contributed by atoms with Crippen molar-refractivity contribution in [1.29, 1.82) is 5.26 Å². The van der Waals surface area contributed by atoms with E-state index in [9.17, 15) is 5.26 Å². The zero-order valence-corrected chi connectivity index (χ0v) is 9.89. The smallest absolute Gasteiger partial charge is 0.0998 e. The molecule has 3 fully saturated rings. The molecule has 86 valence electrons. The SMILES string of the molecule is N#C/C(=C1\CN2CCC1CC2)c1ccccc1. The van der Waals surface area contributed by atoms with Crippen LogP contribution in [0.5, 0.6) is 0 Å². The summed E-state index contributed by atoms with van der Waals surface area (Å²) in [5.41, 5.74) is 3.37. The fourth-order valence-corrected chi connectivity index (χ4v) is 3.02. The minimum absolute atomic E-state index is 0.648. The van der Waals surface area contributed by atoms with Crippen molar-refractivity contribution in [2.75, 3.05) is 19.6 Å². The molecule has 0 N–H and O–H groups in total. The van der Waals surface area contributed by atoms with E-state index in [2.05, 4.69) is 11.0 Å². The Hall–Kier alpha value is -1.59. The van der Waals surface area contributed by atoms with Gasteiger partial charge in [0, 0.05) is 6.54 Å². The maximum absolute atomic E-state index is 9.43. The monoisotopic (exact) mass is 224 g/mol. The van der Waals surface area contributed by atoms with E-state index in [0.29, 0.717) is 5.92 Å². The fraction of sp³-hybridized carbons (Fsp3) is 0.400. The highest BCUT2D eigenvalue weighted by Crippen LogP contribution is 2.36. The van der Waals surface area contributed by atoms with E-state index in [1.165, 1.54) is 31.5 Å². The first-order valence-corrected chi connectivity index (χ1v) is 6.29. The first kappa shape index (κ1) is 10.6. The van der Waals surface area contributed by atoms with Crippen molar-refractivity contribution in [2.24, 2.45) is 5.92 Å². The number of fused-ring (bicyclic) bond motifs is 3. The highest BCUT2D eigenvalue weighted by atomic mass is 15.1. The largest absolute Gasteiger partial charge is 0.299 e.